The second kappa shape index (κ2) is 8.23. The molecule has 31 heavy (non-hydrogen) atoms. The fraction of sp³-hybridized carbons (Fsp3) is 0.417. The molecule has 0 aliphatic carbocycles. The first-order valence-corrected chi connectivity index (χ1v) is 10.9. The summed E-state index contributed by atoms with van der Waals surface area (Å²) in [6.45, 7) is 6.16. The van der Waals surface area contributed by atoms with E-state index in [1.54, 1.807) is 19.5 Å². The maximum absolute atomic E-state index is 13.1. The smallest absolute Gasteiger partial charge is 0.261 e. The average molecular weight is 421 g/mol. The highest BCUT2D eigenvalue weighted by Gasteiger charge is 2.35. The molecule has 7 nitrogen and oxygen atoms in total. The number of piperidine rings is 1. The first-order chi connectivity index (χ1) is 15.2. The van der Waals surface area contributed by atoms with Crippen molar-refractivity contribution in [2.75, 3.05) is 26.8 Å². The lowest BCUT2D eigenvalue weighted by atomic mass is 9.82. The predicted molar refractivity (Wildman–Crippen MR) is 119 cm³/mol. The molecule has 2 aliphatic rings. The number of aromatic nitrogens is 3. The number of nitrogens with one attached hydrogen (secondary N) is 1. The lowest BCUT2D eigenvalue weighted by molar-refractivity contribution is 0.114. The molecule has 1 aromatic carbocycles. The quantitative estimate of drug-likeness (QED) is 0.663. The van der Waals surface area contributed by atoms with Gasteiger partial charge in [-0.3, -0.25) is 9.69 Å². The molecule has 0 radical (unpaired) electrons. The molecule has 2 aliphatic heterocycles. The molecule has 2 bridgehead atoms. The summed E-state index contributed by atoms with van der Waals surface area (Å²) in [7, 11) is 1.68. The largest absolute Gasteiger partial charge is 0.493 e. The Labute approximate surface area is 181 Å². The van der Waals surface area contributed by atoms with Crippen LogP contribution in [-0.4, -0.2) is 46.2 Å². The molecule has 1 saturated heterocycles. The minimum absolute atomic E-state index is 0.0619. The van der Waals surface area contributed by atoms with Crippen molar-refractivity contribution in [3.05, 3.63) is 64.3 Å². The summed E-state index contributed by atoms with van der Waals surface area (Å²) in [5, 5.41) is 0. The van der Waals surface area contributed by atoms with Crippen LogP contribution < -0.4 is 15.0 Å². The first kappa shape index (κ1) is 19.9. The van der Waals surface area contributed by atoms with E-state index in [0.717, 1.165) is 49.8 Å². The van der Waals surface area contributed by atoms with Gasteiger partial charge >= 0.3 is 0 Å². The molecule has 1 fully saturated rings. The zero-order chi connectivity index (χ0) is 21.4. The summed E-state index contributed by atoms with van der Waals surface area (Å²) in [4.78, 5) is 23.0. The summed E-state index contributed by atoms with van der Waals surface area (Å²) in [6, 6.07) is 10.2. The molecule has 162 valence electrons. The van der Waals surface area contributed by atoms with Gasteiger partial charge in [-0.25, -0.2) is 4.98 Å². The molecule has 0 amide bonds. The highest BCUT2D eigenvalue weighted by atomic mass is 16.5. The summed E-state index contributed by atoms with van der Waals surface area (Å²) in [6.07, 6.45) is 4.57. The Balaban J connectivity index is 1.37. The summed E-state index contributed by atoms with van der Waals surface area (Å²) in [5.41, 5.74) is 3.07. The number of H-pyrrole nitrogens is 1. The van der Waals surface area contributed by atoms with Crippen molar-refractivity contribution in [3.63, 3.8) is 0 Å². The van der Waals surface area contributed by atoms with E-state index in [0.29, 0.717) is 29.8 Å². The summed E-state index contributed by atoms with van der Waals surface area (Å²) >= 11 is 0. The summed E-state index contributed by atoms with van der Waals surface area (Å²) in [5.74, 6) is 3.04. The zero-order valence-electron chi connectivity index (χ0n) is 18.0. The number of methoxy groups -OCH3 is 1. The number of pyridine rings is 1. The molecule has 0 spiro atoms. The Morgan fingerprint density at radius 2 is 2.06 bits per heavy atom. The van der Waals surface area contributed by atoms with Crippen LogP contribution in [0.4, 0.5) is 0 Å². The second-order valence-corrected chi connectivity index (χ2v) is 8.44. The molecular weight excluding hydrogens is 392 g/mol. The van der Waals surface area contributed by atoms with E-state index in [9.17, 15) is 4.79 Å². The Morgan fingerprint density at radius 1 is 1.16 bits per heavy atom. The van der Waals surface area contributed by atoms with Gasteiger partial charge in [0.25, 0.3) is 5.56 Å². The third-order valence-corrected chi connectivity index (χ3v) is 6.37. The van der Waals surface area contributed by atoms with Crippen molar-refractivity contribution in [3.8, 4) is 22.9 Å². The average Bonchev–Trinajstić information content (AvgIpc) is 3.30. The van der Waals surface area contributed by atoms with Gasteiger partial charge in [0.2, 0.25) is 0 Å². The van der Waals surface area contributed by atoms with Crippen LogP contribution in [0.1, 0.15) is 30.5 Å². The third kappa shape index (κ3) is 3.74. The molecule has 2 aromatic heterocycles. The van der Waals surface area contributed by atoms with Crippen LogP contribution >= 0.6 is 0 Å². The van der Waals surface area contributed by atoms with E-state index in [1.807, 2.05) is 23.6 Å². The number of likely N-dealkylation sites (tertiary alicyclic amines) is 1. The first-order valence-electron chi connectivity index (χ1n) is 10.9. The monoisotopic (exact) mass is 420 g/mol. The van der Waals surface area contributed by atoms with Crippen molar-refractivity contribution < 1.29 is 9.47 Å². The maximum atomic E-state index is 13.1. The predicted octanol–water partition coefficient (Wildman–Crippen LogP) is 3.27. The standard InChI is InChI=1S/C24H28N4O3/c1-3-31-21-7-4-16(11-22(21)30-2)12-27-13-17-10-18(15-27)20-6-5-19(23-25-8-9-26-23)24(29)28(20)14-17/h4-9,11,17-18H,3,10,12-15H2,1-2H3,(H,25,26)/t17-,18+/m0/s1. The Morgan fingerprint density at radius 3 is 2.84 bits per heavy atom. The van der Waals surface area contributed by atoms with Crippen molar-refractivity contribution in [1.82, 2.24) is 19.4 Å². The summed E-state index contributed by atoms with van der Waals surface area (Å²) < 4.78 is 13.1. The number of aromatic amines is 1. The van der Waals surface area contributed by atoms with Crippen LogP contribution in [0.3, 0.4) is 0 Å². The van der Waals surface area contributed by atoms with Crippen LogP contribution in [0.15, 0.2) is 47.5 Å². The molecule has 3 aromatic rings. The molecule has 0 saturated carbocycles. The van der Waals surface area contributed by atoms with Crippen LogP contribution in [-0.2, 0) is 13.1 Å². The molecular formula is C24H28N4O3. The van der Waals surface area contributed by atoms with Crippen LogP contribution in [0.25, 0.3) is 11.4 Å². The minimum atomic E-state index is 0.0619. The van der Waals surface area contributed by atoms with Crippen molar-refractivity contribution in [1.29, 1.82) is 0 Å². The van der Waals surface area contributed by atoms with Crippen molar-refractivity contribution >= 4 is 0 Å². The fourth-order valence-corrected chi connectivity index (χ4v) is 5.11. The molecule has 1 N–H and O–H groups in total. The Bertz CT molecular complexity index is 1120. The van der Waals surface area contributed by atoms with E-state index in [1.165, 1.54) is 5.56 Å². The fourth-order valence-electron chi connectivity index (χ4n) is 5.11. The van der Waals surface area contributed by atoms with Gasteiger partial charge < -0.3 is 19.0 Å². The number of imidazole rings is 1. The van der Waals surface area contributed by atoms with Gasteiger partial charge in [0.05, 0.1) is 19.3 Å². The van der Waals surface area contributed by atoms with E-state index in [-0.39, 0.29) is 5.56 Å². The van der Waals surface area contributed by atoms with Gasteiger partial charge in [-0.05, 0) is 49.1 Å². The number of rotatable bonds is 6. The molecule has 2 atom stereocenters. The van der Waals surface area contributed by atoms with Gasteiger partial charge in [-0.2, -0.15) is 0 Å². The number of ether oxygens (including phenoxy) is 2. The Hall–Kier alpha value is -3.06. The van der Waals surface area contributed by atoms with Crippen molar-refractivity contribution in [2.24, 2.45) is 5.92 Å². The number of fused-ring (bicyclic) bond motifs is 4. The second-order valence-electron chi connectivity index (χ2n) is 8.44. The van der Waals surface area contributed by atoms with Gasteiger partial charge in [0.15, 0.2) is 11.5 Å². The Kier molecular flexibility index (Phi) is 5.28. The van der Waals surface area contributed by atoms with Crippen molar-refractivity contribution in [2.45, 2.75) is 32.4 Å². The molecule has 5 rings (SSSR count). The third-order valence-electron chi connectivity index (χ3n) is 6.37. The van der Waals surface area contributed by atoms with E-state index < -0.39 is 0 Å². The van der Waals surface area contributed by atoms with Gasteiger partial charge in [-0.15, -0.1) is 0 Å². The van der Waals surface area contributed by atoms with E-state index in [4.69, 9.17) is 9.47 Å². The molecule has 7 heteroatoms. The van der Waals surface area contributed by atoms with Gasteiger partial charge in [0, 0.05) is 50.2 Å². The number of benzene rings is 1. The minimum Gasteiger partial charge on any atom is -0.493 e. The lowest BCUT2D eigenvalue weighted by Gasteiger charge is -2.43. The zero-order valence-corrected chi connectivity index (χ0v) is 18.0. The van der Waals surface area contributed by atoms with Gasteiger partial charge in [-0.1, -0.05) is 6.07 Å². The van der Waals surface area contributed by atoms with E-state index in [2.05, 4.69) is 33.1 Å². The topological polar surface area (TPSA) is 72.4 Å². The molecule has 4 heterocycles. The maximum Gasteiger partial charge on any atom is 0.261 e. The number of nitrogens with zero attached hydrogens (tertiary/aromatic N) is 3. The van der Waals surface area contributed by atoms with Crippen LogP contribution in [0.2, 0.25) is 0 Å². The highest BCUT2D eigenvalue weighted by molar-refractivity contribution is 5.53. The normalized spacial score (nSPS) is 20.3. The van der Waals surface area contributed by atoms with Crippen LogP contribution in [0, 0.1) is 5.92 Å². The lowest BCUT2D eigenvalue weighted by Crippen LogP contribution is -2.46. The van der Waals surface area contributed by atoms with Crippen LogP contribution in [0.5, 0.6) is 11.5 Å². The van der Waals surface area contributed by atoms with E-state index >= 15 is 0 Å². The number of hydrogen-bond acceptors (Lipinski definition) is 5. The SMILES string of the molecule is CCOc1ccc(CN2C[C@@H]3C[C@H](C2)c2ccc(-c4ncc[nH]4)c(=O)n2C3)cc1OC. The highest BCUT2D eigenvalue weighted by Crippen LogP contribution is 2.37. The van der Waals surface area contributed by atoms with Gasteiger partial charge in [0.1, 0.15) is 5.82 Å². The molecule has 0 unspecified atom stereocenters. The number of hydrogen-bond donors (Lipinski definition) is 1.